The number of likely N-dealkylation sites (tertiary alicyclic amines) is 2. The molecule has 8 heteroatoms. The highest BCUT2D eigenvalue weighted by atomic mass is 16.5. The second kappa shape index (κ2) is 10.1. The maximum Gasteiger partial charge on any atom is 0.208 e. The van der Waals surface area contributed by atoms with Crippen molar-refractivity contribution in [2.24, 2.45) is 10.9 Å². The van der Waals surface area contributed by atoms with E-state index < -0.39 is 0 Å². The first-order valence-corrected chi connectivity index (χ1v) is 11.5. The molecule has 30 heavy (non-hydrogen) atoms. The number of piperidine rings is 1. The fourth-order valence-corrected chi connectivity index (χ4v) is 4.89. The Bertz CT molecular complexity index is 687. The number of hydrogen-bond acceptors (Lipinski definition) is 6. The van der Waals surface area contributed by atoms with E-state index in [0.29, 0.717) is 12.0 Å². The number of aromatic nitrogens is 1. The molecule has 8 nitrogen and oxygen atoms in total. The predicted octanol–water partition coefficient (Wildman–Crippen LogP) is 1.49. The molecule has 0 spiro atoms. The minimum Gasteiger partial charge on any atom is -0.444 e. The van der Waals surface area contributed by atoms with Gasteiger partial charge in [-0.2, -0.15) is 0 Å². The summed E-state index contributed by atoms with van der Waals surface area (Å²) >= 11 is 0. The van der Waals surface area contributed by atoms with Crippen molar-refractivity contribution in [1.29, 1.82) is 0 Å². The summed E-state index contributed by atoms with van der Waals surface area (Å²) in [6.07, 6.45) is 3.64. The van der Waals surface area contributed by atoms with Crippen molar-refractivity contribution in [3.8, 4) is 0 Å². The molecule has 0 aliphatic carbocycles. The van der Waals surface area contributed by atoms with Gasteiger partial charge in [0.2, 0.25) is 5.89 Å². The molecule has 4 rings (SSSR count). The fraction of sp³-hybridized carbons (Fsp3) is 0.818. The van der Waals surface area contributed by atoms with Crippen LogP contribution in [0.25, 0.3) is 0 Å². The SMILES string of the molecule is CN=C(NCC1CCN(Cc2nc(C)c(C)o2)CC1)N1CCC(N2CCOCC2)C1. The largest absolute Gasteiger partial charge is 0.444 e. The average molecular weight is 419 g/mol. The summed E-state index contributed by atoms with van der Waals surface area (Å²) < 4.78 is 11.3. The number of guanidine groups is 1. The molecule has 1 aromatic rings. The third kappa shape index (κ3) is 5.34. The van der Waals surface area contributed by atoms with E-state index in [1.807, 2.05) is 20.9 Å². The van der Waals surface area contributed by atoms with Crippen molar-refractivity contribution in [2.45, 2.75) is 45.7 Å². The normalized spacial score (nSPS) is 25.2. The quantitative estimate of drug-likeness (QED) is 0.574. The zero-order valence-electron chi connectivity index (χ0n) is 18.9. The van der Waals surface area contributed by atoms with Gasteiger partial charge in [-0.1, -0.05) is 0 Å². The molecule has 3 aliphatic rings. The maximum atomic E-state index is 5.75. The fourth-order valence-electron chi connectivity index (χ4n) is 4.89. The summed E-state index contributed by atoms with van der Waals surface area (Å²) in [6.45, 7) is 14.1. The van der Waals surface area contributed by atoms with Crippen LogP contribution in [0, 0.1) is 19.8 Å². The molecule has 0 saturated carbocycles. The van der Waals surface area contributed by atoms with Gasteiger partial charge in [-0.3, -0.25) is 14.8 Å². The lowest BCUT2D eigenvalue weighted by Crippen LogP contribution is -2.47. The van der Waals surface area contributed by atoms with Crippen LogP contribution >= 0.6 is 0 Å². The third-order valence-electron chi connectivity index (χ3n) is 6.92. The number of aryl methyl sites for hydroxylation is 2. The van der Waals surface area contributed by atoms with E-state index in [-0.39, 0.29) is 0 Å². The summed E-state index contributed by atoms with van der Waals surface area (Å²) in [7, 11) is 1.91. The van der Waals surface area contributed by atoms with E-state index in [9.17, 15) is 0 Å². The van der Waals surface area contributed by atoms with Gasteiger partial charge >= 0.3 is 0 Å². The molecule has 1 aromatic heterocycles. The summed E-state index contributed by atoms with van der Waals surface area (Å²) in [5.41, 5.74) is 1.01. The van der Waals surface area contributed by atoms with Crippen molar-refractivity contribution in [1.82, 2.24) is 25.0 Å². The highest BCUT2D eigenvalue weighted by Crippen LogP contribution is 2.20. The predicted molar refractivity (Wildman–Crippen MR) is 118 cm³/mol. The molecule has 3 saturated heterocycles. The van der Waals surface area contributed by atoms with Gasteiger partial charge in [0.1, 0.15) is 5.76 Å². The van der Waals surface area contributed by atoms with E-state index in [1.54, 1.807) is 0 Å². The maximum absolute atomic E-state index is 5.75. The summed E-state index contributed by atoms with van der Waals surface area (Å²) in [5, 5.41) is 3.66. The first kappa shape index (κ1) is 21.6. The van der Waals surface area contributed by atoms with E-state index in [2.05, 4.69) is 30.0 Å². The third-order valence-corrected chi connectivity index (χ3v) is 6.92. The zero-order chi connectivity index (χ0) is 20.9. The van der Waals surface area contributed by atoms with Gasteiger partial charge in [0.15, 0.2) is 5.96 Å². The van der Waals surface area contributed by atoms with E-state index >= 15 is 0 Å². The van der Waals surface area contributed by atoms with Crippen molar-refractivity contribution < 1.29 is 9.15 Å². The number of aliphatic imine (C=N–C) groups is 1. The molecule has 3 aliphatic heterocycles. The lowest BCUT2D eigenvalue weighted by Gasteiger charge is -2.33. The van der Waals surface area contributed by atoms with E-state index in [1.165, 1.54) is 19.3 Å². The van der Waals surface area contributed by atoms with Gasteiger partial charge in [0, 0.05) is 45.8 Å². The Hall–Kier alpha value is -1.64. The van der Waals surface area contributed by atoms with Gasteiger partial charge in [0.05, 0.1) is 25.5 Å². The molecule has 0 bridgehead atoms. The molecule has 4 heterocycles. The van der Waals surface area contributed by atoms with Crippen LogP contribution in [0.1, 0.15) is 36.6 Å². The lowest BCUT2D eigenvalue weighted by atomic mass is 9.97. The second-order valence-electron chi connectivity index (χ2n) is 8.93. The Balaban J connectivity index is 1.18. The summed E-state index contributed by atoms with van der Waals surface area (Å²) in [6, 6.07) is 0.637. The van der Waals surface area contributed by atoms with Crippen LogP contribution < -0.4 is 5.32 Å². The highest BCUT2D eigenvalue weighted by molar-refractivity contribution is 5.80. The average Bonchev–Trinajstić information content (AvgIpc) is 3.37. The molecular weight excluding hydrogens is 380 g/mol. The molecule has 3 fully saturated rings. The van der Waals surface area contributed by atoms with Crippen LogP contribution in [-0.4, -0.2) is 97.8 Å². The van der Waals surface area contributed by atoms with Crippen LogP contribution in [0.2, 0.25) is 0 Å². The second-order valence-corrected chi connectivity index (χ2v) is 8.93. The Morgan fingerprint density at radius 1 is 1.10 bits per heavy atom. The number of nitrogens with one attached hydrogen (secondary N) is 1. The van der Waals surface area contributed by atoms with E-state index in [4.69, 9.17) is 9.15 Å². The van der Waals surface area contributed by atoms with Crippen molar-refractivity contribution in [3.63, 3.8) is 0 Å². The monoisotopic (exact) mass is 418 g/mol. The first-order valence-electron chi connectivity index (χ1n) is 11.5. The minimum atomic E-state index is 0.637. The van der Waals surface area contributed by atoms with Crippen molar-refractivity contribution in [2.75, 3.05) is 66.1 Å². The van der Waals surface area contributed by atoms with E-state index in [0.717, 1.165) is 88.9 Å². The number of hydrogen-bond donors (Lipinski definition) is 1. The number of rotatable bonds is 5. The number of morpholine rings is 1. The first-order chi connectivity index (χ1) is 14.6. The standard InChI is InChI=1S/C22H38N6O2/c1-17-18(2)30-21(25-17)16-26-7-4-19(5-8-26)14-24-22(23-3)28-9-6-20(15-28)27-10-12-29-13-11-27/h19-20H,4-16H2,1-3H3,(H,23,24). The minimum absolute atomic E-state index is 0.637. The highest BCUT2D eigenvalue weighted by Gasteiger charge is 2.30. The van der Waals surface area contributed by atoms with Crippen LogP contribution in [-0.2, 0) is 11.3 Å². The van der Waals surface area contributed by atoms with Crippen LogP contribution in [0.5, 0.6) is 0 Å². The topological polar surface area (TPSA) is 69.4 Å². The van der Waals surface area contributed by atoms with Crippen molar-refractivity contribution in [3.05, 3.63) is 17.3 Å². The van der Waals surface area contributed by atoms with Gasteiger partial charge in [-0.25, -0.2) is 4.98 Å². The van der Waals surface area contributed by atoms with Gasteiger partial charge in [-0.15, -0.1) is 0 Å². The summed E-state index contributed by atoms with van der Waals surface area (Å²) in [4.78, 5) is 16.6. The van der Waals surface area contributed by atoms with Gasteiger partial charge < -0.3 is 19.4 Å². The van der Waals surface area contributed by atoms with Crippen LogP contribution in [0.3, 0.4) is 0 Å². The smallest absolute Gasteiger partial charge is 0.208 e. The Kier molecular flexibility index (Phi) is 7.28. The molecule has 1 atom stereocenters. The van der Waals surface area contributed by atoms with Crippen LogP contribution in [0.4, 0.5) is 0 Å². The molecule has 0 radical (unpaired) electrons. The molecule has 168 valence electrons. The molecule has 1 N–H and O–H groups in total. The van der Waals surface area contributed by atoms with Crippen molar-refractivity contribution >= 4 is 5.96 Å². The lowest BCUT2D eigenvalue weighted by molar-refractivity contribution is 0.0194. The van der Waals surface area contributed by atoms with Crippen LogP contribution in [0.15, 0.2) is 9.41 Å². The van der Waals surface area contributed by atoms with Gasteiger partial charge in [-0.05, 0) is 52.1 Å². The molecule has 0 aromatic carbocycles. The molecular formula is C22H38N6O2. The zero-order valence-corrected chi connectivity index (χ0v) is 18.9. The Morgan fingerprint density at radius 2 is 1.87 bits per heavy atom. The Labute approximate surface area is 180 Å². The molecule has 0 amide bonds. The Morgan fingerprint density at radius 3 is 2.53 bits per heavy atom. The number of nitrogens with zero attached hydrogens (tertiary/aromatic N) is 5. The number of oxazole rings is 1. The molecule has 1 unspecified atom stereocenters. The summed E-state index contributed by atoms with van der Waals surface area (Å²) in [5.74, 6) is 3.56. The van der Waals surface area contributed by atoms with Gasteiger partial charge in [0.25, 0.3) is 0 Å². The number of ether oxygens (including phenoxy) is 1.